The van der Waals surface area contributed by atoms with Gasteiger partial charge in [-0.05, 0) is 31.2 Å². The number of carbonyl (C=O) groups is 2. The number of amides is 2. The van der Waals surface area contributed by atoms with Crippen LogP contribution in [-0.4, -0.2) is 16.8 Å². The van der Waals surface area contributed by atoms with Gasteiger partial charge in [0.05, 0.1) is 23.9 Å². The summed E-state index contributed by atoms with van der Waals surface area (Å²) < 4.78 is 5.77. The fourth-order valence-electron chi connectivity index (χ4n) is 2.85. The summed E-state index contributed by atoms with van der Waals surface area (Å²) in [4.78, 5) is 27.9. The molecule has 2 heterocycles. The molecule has 124 valence electrons. The molecule has 0 saturated heterocycles. The first-order valence-electron chi connectivity index (χ1n) is 7.86. The Morgan fingerprint density at radius 2 is 1.96 bits per heavy atom. The zero-order valence-electron chi connectivity index (χ0n) is 13.5. The van der Waals surface area contributed by atoms with Crippen molar-refractivity contribution in [1.82, 2.24) is 10.3 Å². The van der Waals surface area contributed by atoms with Crippen LogP contribution < -0.4 is 10.6 Å². The number of rotatable bonds is 4. The van der Waals surface area contributed by atoms with Crippen molar-refractivity contribution in [2.24, 2.45) is 0 Å². The Kier molecular flexibility index (Phi) is 3.57. The van der Waals surface area contributed by atoms with Crippen LogP contribution in [0.4, 0.5) is 5.69 Å². The fraction of sp³-hybridized carbons (Fsp3) is 0.105. The Bertz CT molecular complexity index is 991. The van der Waals surface area contributed by atoms with Gasteiger partial charge in [0.15, 0.2) is 0 Å². The minimum Gasteiger partial charge on any atom is -0.439 e. The van der Waals surface area contributed by atoms with Crippen LogP contribution in [0.1, 0.15) is 32.0 Å². The minimum atomic E-state index is -0.388. The molecule has 2 aromatic carbocycles. The Balaban J connectivity index is 1.54. The monoisotopic (exact) mass is 333 g/mol. The smallest absolute Gasteiger partial charge is 0.261 e. The van der Waals surface area contributed by atoms with E-state index in [0.29, 0.717) is 35.0 Å². The van der Waals surface area contributed by atoms with Gasteiger partial charge < -0.3 is 9.73 Å². The summed E-state index contributed by atoms with van der Waals surface area (Å²) in [6.07, 6.45) is 1.65. The highest BCUT2D eigenvalue weighted by molar-refractivity contribution is 6.23. The highest BCUT2D eigenvalue weighted by Crippen LogP contribution is 2.25. The lowest BCUT2D eigenvalue weighted by Gasteiger charge is -2.07. The first-order valence-corrected chi connectivity index (χ1v) is 7.86. The average molecular weight is 333 g/mol. The van der Waals surface area contributed by atoms with E-state index in [1.54, 1.807) is 24.4 Å². The zero-order valence-corrected chi connectivity index (χ0v) is 13.5. The molecule has 25 heavy (non-hydrogen) atoms. The molecule has 0 aliphatic carbocycles. The van der Waals surface area contributed by atoms with Crippen molar-refractivity contribution in [2.45, 2.75) is 13.5 Å². The van der Waals surface area contributed by atoms with Gasteiger partial charge in [0.2, 0.25) is 5.89 Å². The second kappa shape index (κ2) is 5.90. The minimum absolute atomic E-state index is 0.358. The molecule has 4 rings (SSSR count). The van der Waals surface area contributed by atoms with E-state index in [1.807, 2.05) is 31.2 Å². The zero-order chi connectivity index (χ0) is 17.4. The van der Waals surface area contributed by atoms with Crippen molar-refractivity contribution in [3.63, 3.8) is 0 Å². The molecule has 0 atom stereocenters. The SMILES string of the molecule is Cc1cccc(-c2ncc(CNc3cccc4c3C(=O)NC4=O)o2)c1. The maximum Gasteiger partial charge on any atom is 0.261 e. The molecule has 0 bridgehead atoms. The summed E-state index contributed by atoms with van der Waals surface area (Å²) in [5, 5.41) is 5.44. The van der Waals surface area contributed by atoms with E-state index in [-0.39, 0.29) is 11.8 Å². The van der Waals surface area contributed by atoms with Crippen LogP contribution in [0.3, 0.4) is 0 Å². The number of nitrogens with one attached hydrogen (secondary N) is 2. The van der Waals surface area contributed by atoms with Crippen molar-refractivity contribution in [1.29, 1.82) is 0 Å². The molecule has 2 amide bonds. The predicted octanol–water partition coefficient (Wildman–Crippen LogP) is 3.15. The van der Waals surface area contributed by atoms with Crippen LogP contribution in [0.2, 0.25) is 0 Å². The maximum absolute atomic E-state index is 11.9. The Hall–Kier alpha value is -3.41. The lowest BCUT2D eigenvalue weighted by molar-refractivity contribution is 0.0880. The number of oxazole rings is 1. The van der Waals surface area contributed by atoms with Crippen LogP contribution in [0.5, 0.6) is 0 Å². The van der Waals surface area contributed by atoms with Gasteiger partial charge in [-0.1, -0.05) is 23.8 Å². The van der Waals surface area contributed by atoms with Gasteiger partial charge in [0, 0.05) is 11.3 Å². The van der Waals surface area contributed by atoms with E-state index >= 15 is 0 Å². The molecule has 1 aromatic heterocycles. The van der Waals surface area contributed by atoms with Gasteiger partial charge in [-0.25, -0.2) is 4.98 Å². The van der Waals surface area contributed by atoms with Crippen molar-refractivity contribution >= 4 is 17.5 Å². The van der Waals surface area contributed by atoms with E-state index in [0.717, 1.165) is 11.1 Å². The first kappa shape index (κ1) is 15.1. The Morgan fingerprint density at radius 1 is 1.12 bits per heavy atom. The third kappa shape index (κ3) is 2.78. The molecule has 0 fully saturated rings. The second-order valence-electron chi connectivity index (χ2n) is 5.87. The first-order chi connectivity index (χ1) is 12.1. The molecule has 6 heteroatoms. The number of fused-ring (bicyclic) bond motifs is 1. The average Bonchev–Trinajstić information content (AvgIpc) is 3.19. The third-order valence-corrected chi connectivity index (χ3v) is 4.03. The number of hydrogen-bond donors (Lipinski definition) is 2. The quantitative estimate of drug-likeness (QED) is 0.717. The molecule has 1 aliphatic heterocycles. The molecule has 1 aliphatic rings. The molecule has 6 nitrogen and oxygen atoms in total. The van der Waals surface area contributed by atoms with E-state index in [2.05, 4.69) is 15.6 Å². The summed E-state index contributed by atoms with van der Waals surface area (Å²) in [7, 11) is 0. The highest BCUT2D eigenvalue weighted by Gasteiger charge is 2.29. The van der Waals surface area contributed by atoms with E-state index in [9.17, 15) is 9.59 Å². The summed E-state index contributed by atoms with van der Waals surface area (Å²) in [5.41, 5.74) is 3.39. The van der Waals surface area contributed by atoms with E-state index in [1.165, 1.54) is 0 Å². The molecular weight excluding hydrogens is 318 g/mol. The number of nitrogens with zero attached hydrogens (tertiary/aromatic N) is 1. The van der Waals surface area contributed by atoms with Crippen LogP contribution >= 0.6 is 0 Å². The summed E-state index contributed by atoms with van der Waals surface area (Å²) in [5.74, 6) is 0.428. The van der Waals surface area contributed by atoms with Gasteiger partial charge in [-0.15, -0.1) is 0 Å². The summed E-state index contributed by atoms with van der Waals surface area (Å²) >= 11 is 0. The number of aromatic nitrogens is 1. The van der Waals surface area contributed by atoms with Gasteiger partial charge in [-0.2, -0.15) is 0 Å². The van der Waals surface area contributed by atoms with Crippen molar-refractivity contribution in [2.75, 3.05) is 5.32 Å². The normalized spacial score (nSPS) is 12.8. The van der Waals surface area contributed by atoms with Gasteiger partial charge in [0.25, 0.3) is 11.8 Å². The Labute approximate surface area is 143 Å². The summed E-state index contributed by atoms with van der Waals surface area (Å²) in [6.45, 7) is 2.37. The number of imide groups is 1. The van der Waals surface area contributed by atoms with Crippen LogP contribution in [0, 0.1) is 6.92 Å². The third-order valence-electron chi connectivity index (χ3n) is 4.03. The summed E-state index contributed by atoms with van der Waals surface area (Å²) in [6, 6.07) is 13.0. The molecule has 2 N–H and O–H groups in total. The lowest BCUT2D eigenvalue weighted by Crippen LogP contribution is -2.20. The molecular formula is C19H15N3O3. The van der Waals surface area contributed by atoms with Gasteiger partial charge >= 0.3 is 0 Å². The predicted molar refractivity (Wildman–Crippen MR) is 92.2 cm³/mol. The van der Waals surface area contributed by atoms with Crippen LogP contribution in [0.25, 0.3) is 11.5 Å². The number of carbonyl (C=O) groups excluding carboxylic acids is 2. The maximum atomic E-state index is 11.9. The number of anilines is 1. The Morgan fingerprint density at radius 3 is 2.80 bits per heavy atom. The standard InChI is InChI=1S/C19H15N3O3/c1-11-4-2-5-12(8-11)19-21-10-13(25-19)9-20-15-7-3-6-14-16(15)18(24)22-17(14)23/h2-8,10,20H,9H2,1H3,(H,22,23,24). The van der Waals surface area contributed by atoms with Crippen molar-refractivity contribution in [3.8, 4) is 11.5 Å². The van der Waals surface area contributed by atoms with Crippen LogP contribution in [-0.2, 0) is 6.54 Å². The van der Waals surface area contributed by atoms with E-state index < -0.39 is 0 Å². The lowest BCUT2D eigenvalue weighted by atomic mass is 10.1. The molecule has 3 aromatic rings. The number of benzene rings is 2. The van der Waals surface area contributed by atoms with Crippen molar-refractivity contribution < 1.29 is 14.0 Å². The number of aryl methyl sites for hydroxylation is 1. The fourth-order valence-corrected chi connectivity index (χ4v) is 2.85. The molecule has 0 radical (unpaired) electrons. The van der Waals surface area contributed by atoms with Crippen LogP contribution in [0.15, 0.2) is 53.1 Å². The number of hydrogen-bond acceptors (Lipinski definition) is 5. The molecule has 0 unspecified atom stereocenters. The second-order valence-corrected chi connectivity index (χ2v) is 5.87. The molecule has 0 spiro atoms. The van der Waals surface area contributed by atoms with Crippen molar-refractivity contribution in [3.05, 3.63) is 71.1 Å². The van der Waals surface area contributed by atoms with E-state index in [4.69, 9.17) is 4.42 Å². The topological polar surface area (TPSA) is 84.2 Å². The molecule has 0 saturated carbocycles. The largest absolute Gasteiger partial charge is 0.439 e. The van der Waals surface area contributed by atoms with Gasteiger partial charge in [-0.3, -0.25) is 14.9 Å². The highest BCUT2D eigenvalue weighted by atomic mass is 16.4. The van der Waals surface area contributed by atoms with Gasteiger partial charge in [0.1, 0.15) is 5.76 Å².